The number of nitrogens with zero attached hydrogens (tertiary/aromatic N) is 2. The van der Waals surface area contributed by atoms with Crippen LogP contribution in [0.25, 0.3) is 20.7 Å². The van der Waals surface area contributed by atoms with Crippen molar-refractivity contribution in [2.45, 2.75) is 5.03 Å². The molecular formula is C14H11N3S3. The number of aromatic nitrogens is 2. The second kappa shape index (κ2) is 5.87. The molecular weight excluding hydrogens is 306 g/mol. The monoisotopic (exact) mass is 317 g/mol. The lowest BCUT2D eigenvalue weighted by molar-refractivity contribution is 1.11. The van der Waals surface area contributed by atoms with Crippen LogP contribution in [-0.4, -0.2) is 20.7 Å². The van der Waals surface area contributed by atoms with Gasteiger partial charge in [-0.2, -0.15) is 0 Å². The summed E-state index contributed by atoms with van der Waals surface area (Å²) in [6.45, 7) is 0. The molecule has 0 spiro atoms. The van der Waals surface area contributed by atoms with E-state index in [4.69, 9.17) is 18.0 Å². The zero-order valence-electron chi connectivity index (χ0n) is 10.4. The molecule has 0 saturated carbocycles. The molecule has 6 heteroatoms. The highest BCUT2D eigenvalue weighted by molar-refractivity contribution is 8.01. The van der Waals surface area contributed by atoms with Gasteiger partial charge in [-0.05, 0) is 11.6 Å². The summed E-state index contributed by atoms with van der Waals surface area (Å²) in [5.41, 5.74) is 6.75. The summed E-state index contributed by atoms with van der Waals surface area (Å²) in [6.07, 6.45) is 1.59. The van der Waals surface area contributed by atoms with Crippen molar-refractivity contribution in [3.8, 4) is 10.4 Å². The Morgan fingerprint density at radius 3 is 2.80 bits per heavy atom. The number of rotatable bonds is 4. The fourth-order valence-corrected chi connectivity index (χ4v) is 3.79. The zero-order valence-corrected chi connectivity index (χ0v) is 12.9. The van der Waals surface area contributed by atoms with Gasteiger partial charge in [0.15, 0.2) is 0 Å². The molecule has 0 bridgehead atoms. The Hall–Kier alpha value is -1.50. The maximum Gasteiger partial charge on any atom is 0.128 e. The van der Waals surface area contributed by atoms with Crippen LogP contribution in [-0.2, 0) is 0 Å². The molecule has 3 rings (SSSR count). The molecule has 2 heterocycles. The third-order valence-electron chi connectivity index (χ3n) is 2.70. The van der Waals surface area contributed by atoms with Crippen molar-refractivity contribution in [1.82, 2.24) is 9.97 Å². The van der Waals surface area contributed by atoms with Crippen LogP contribution in [0.5, 0.6) is 0 Å². The number of thiophene rings is 1. The Kier molecular flexibility index (Phi) is 3.95. The lowest BCUT2D eigenvalue weighted by Crippen LogP contribution is -2.10. The number of hydrogen-bond acceptors (Lipinski definition) is 5. The summed E-state index contributed by atoms with van der Waals surface area (Å²) in [5.74, 6) is 0.595. The molecule has 0 aliphatic carbocycles. The van der Waals surface area contributed by atoms with Gasteiger partial charge in [0.25, 0.3) is 0 Å². The Morgan fingerprint density at radius 1 is 1.25 bits per heavy atom. The molecule has 0 saturated heterocycles. The summed E-state index contributed by atoms with van der Waals surface area (Å²) in [6, 6.07) is 12.4. The van der Waals surface area contributed by atoms with Crippen molar-refractivity contribution < 1.29 is 0 Å². The van der Waals surface area contributed by atoms with Gasteiger partial charge >= 0.3 is 0 Å². The van der Waals surface area contributed by atoms with Crippen LogP contribution in [0, 0.1) is 0 Å². The SMILES string of the molecule is NC(=S)CSc1ncnc2sc(-c3ccccc3)cc12. The highest BCUT2D eigenvalue weighted by atomic mass is 32.2. The average molecular weight is 317 g/mol. The fraction of sp³-hybridized carbons (Fsp3) is 0.0714. The van der Waals surface area contributed by atoms with E-state index >= 15 is 0 Å². The molecule has 0 atom stereocenters. The molecule has 0 fully saturated rings. The fourth-order valence-electron chi connectivity index (χ4n) is 1.83. The Morgan fingerprint density at radius 2 is 2.05 bits per heavy atom. The number of hydrogen-bond donors (Lipinski definition) is 1. The number of thioether (sulfide) groups is 1. The molecule has 2 N–H and O–H groups in total. The van der Waals surface area contributed by atoms with Gasteiger partial charge in [-0.1, -0.05) is 54.3 Å². The van der Waals surface area contributed by atoms with Gasteiger partial charge in [0.2, 0.25) is 0 Å². The standard InChI is InChI=1S/C14H11N3S3/c15-12(18)7-19-13-10-6-11(9-4-2-1-3-5-9)20-14(10)17-8-16-13/h1-6,8H,7H2,(H2,15,18). The summed E-state index contributed by atoms with van der Waals surface area (Å²) >= 11 is 8.14. The first kappa shape index (κ1) is 13.5. The second-order valence-electron chi connectivity index (χ2n) is 4.13. The molecule has 3 nitrogen and oxygen atoms in total. The van der Waals surface area contributed by atoms with Crippen LogP contribution < -0.4 is 5.73 Å². The van der Waals surface area contributed by atoms with Crippen molar-refractivity contribution in [3.63, 3.8) is 0 Å². The van der Waals surface area contributed by atoms with E-state index in [1.807, 2.05) is 18.2 Å². The number of benzene rings is 1. The minimum absolute atomic E-state index is 0.486. The lowest BCUT2D eigenvalue weighted by atomic mass is 10.2. The van der Waals surface area contributed by atoms with Crippen LogP contribution in [0.1, 0.15) is 0 Å². The van der Waals surface area contributed by atoms with Crippen molar-refractivity contribution in [2.75, 3.05) is 5.75 Å². The molecule has 1 aromatic carbocycles. The average Bonchev–Trinajstić information content (AvgIpc) is 2.90. The maximum absolute atomic E-state index is 5.55. The van der Waals surface area contributed by atoms with E-state index in [0.29, 0.717) is 10.7 Å². The van der Waals surface area contributed by atoms with Gasteiger partial charge in [0, 0.05) is 16.0 Å². The topological polar surface area (TPSA) is 51.8 Å². The smallest absolute Gasteiger partial charge is 0.128 e. The van der Waals surface area contributed by atoms with Gasteiger partial charge in [0.05, 0.1) is 4.99 Å². The van der Waals surface area contributed by atoms with Gasteiger partial charge < -0.3 is 5.73 Å². The number of thiocarbonyl (C=S) groups is 1. The number of fused-ring (bicyclic) bond motifs is 1. The van der Waals surface area contributed by atoms with Gasteiger partial charge in [-0.15, -0.1) is 11.3 Å². The predicted octanol–water partition coefficient (Wildman–Crippen LogP) is 3.74. The summed E-state index contributed by atoms with van der Waals surface area (Å²) in [4.78, 5) is 11.3. The Labute approximate surface area is 130 Å². The summed E-state index contributed by atoms with van der Waals surface area (Å²) in [5, 5.41) is 2.00. The molecule has 100 valence electrons. The van der Waals surface area contributed by atoms with Gasteiger partial charge in [0.1, 0.15) is 16.2 Å². The molecule has 0 aliphatic rings. The highest BCUT2D eigenvalue weighted by Crippen LogP contribution is 2.35. The minimum atomic E-state index is 0.486. The van der Waals surface area contributed by atoms with Gasteiger partial charge in [-0.3, -0.25) is 0 Å². The van der Waals surface area contributed by atoms with Crippen LogP contribution in [0.4, 0.5) is 0 Å². The minimum Gasteiger partial charge on any atom is -0.393 e. The molecule has 0 unspecified atom stereocenters. The molecule has 0 radical (unpaired) electrons. The van der Waals surface area contributed by atoms with E-state index in [1.54, 1.807) is 29.4 Å². The summed E-state index contributed by atoms with van der Waals surface area (Å²) < 4.78 is 0. The molecule has 0 aliphatic heterocycles. The second-order valence-corrected chi connectivity index (χ2v) is 6.65. The van der Waals surface area contributed by atoms with E-state index in [-0.39, 0.29) is 0 Å². The van der Waals surface area contributed by atoms with Crippen LogP contribution in [0.2, 0.25) is 0 Å². The predicted molar refractivity (Wildman–Crippen MR) is 90.4 cm³/mol. The van der Waals surface area contributed by atoms with Gasteiger partial charge in [-0.25, -0.2) is 9.97 Å². The van der Waals surface area contributed by atoms with Crippen molar-refractivity contribution in [1.29, 1.82) is 0 Å². The third kappa shape index (κ3) is 2.82. The number of nitrogens with two attached hydrogens (primary N) is 1. The highest BCUT2D eigenvalue weighted by Gasteiger charge is 2.10. The van der Waals surface area contributed by atoms with E-state index in [9.17, 15) is 0 Å². The molecule has 3 aromatic rings. The maximum atomic E-state index is 5.55. The van der Waals surface area contributed by atoms with Crippen molar-refractivity contribution in [3.05, 3.63) is 42.7 Å². The first-order chi connectivity index (χ1) is 9.74. The normalized spacial score (nSPS) is 10.8. The van der Waals surface area contributed by atoms with E-state index in [2.05, 4.69) is 28.2 Å². The third-order valence-corrected chi connectivity index (χ3v) is 5.18. The Balaban J connectivity index is 2.02. The van der Waals surface area contributed by atoms with E-state index in [0.717, 1.165) is 15.2 Å². The largest absolute Gasteiger partial charge is 0.393 e. The Bertz CT molecular complexity index is 753. The van der Waals surface area contributed by atoms with Crippen LogP contribution in [0.15, 0.2) is 47.8 Å². The van der Waals surface area contributed by atoms with Crippen LogP contribution in [0.3, 0.4) is 0 Å². The van der Waals surface area contributed by atoms with E-state index < -0.39 is 0 Å². The first-order valence-electron chi connectivity index (χ1n) is 5.95. The molecule has 0 amide bonds. The lowest BCUT2D eigenvalue weighted by Gasteiger charge is -1.99. The summed E-state index contributed by atoms with van der Waals surface area (Å²) in [7, 11) is 0. The molecule has 20 heavy (non-hydrogen) atoms. The zero-order chi connectivity index (χ0) is 13.9. The van der Waals surface area contributed by atoms with Crippen molar-refractivity contribution >= 4 is 50.5 Å². The molecule has 2 aromatic heterocycles. The first-order valence-corrected chi connectivity index (χ1v) is 8.16. The van der Waals surface area contributed by atoms with E-state index in [1.165, 1.54) is 10.4 Å². The van der Waals surface area contributed by atoms with Crippen molar-refractivity contribution in [2.24, 2.45) is 5.73 Å². The van der Waals surface area contributed by atoms with Crippen LogP contribution >= 0.6 is 35.3 Å². The quantitative estimate of drug-likeness (QED) is 0.451.